The van der Waals surface area contributed by atoms with Crippen molar-refractivity contribution in [3.63, 3.8) is 0 Å². The molecule has 0 amide bonds. The Morgan fingerprint density at radius 3 is 2.32 bits per heavy atom. The largest absolute Gasteiger partial charge is 0.497 e. The lowest BCUT2D eigenvalue weighted by Gasteiger charge is -2.31. The molecular formula is C23H35NO. The maximum Gasteiger partial charge on any atom is 0.118 e. The van der Waals surface area contributed by atoms with Crippen LogP contribution in [0, 0.1) is 5.41 Å². The van der Waals surface area contributed by atoms with Gasteiger partial charge in [0.1, 0.15) is 5.76 Å². The van der Waals surface area contributed by atoms with Crippen molar-refractivity contribution in [2.75, 3.05) is 7.11 Å². The van der Waals surface area contributed by atoms with E-state index in [0.717, 1.165) is 24.3 Å². The number of hydrogen-bond acceptors (Lipinski definition) is 2. The average Bonchev–Trinajstić information content (AvgIpc) is 2.50. The van der Waals surface area contributed by atoms with Gasteiger partial charge < -0.3 is 4.74 Å². The summed E-state index contributed by atoms with van der Waals surface area (Å²) in [6.07, 6.45) is 7.83. The monoisotopic (exact) mass is 341 g/mol. The summed E-state index contributed by atoms with van der Waals surface area (Å²) in [4.78, 5) is 4.72. The number of methoxy groups -OCH3 is 1. The summed E-state index contributed by atoms with van der Waals surface area (Å²) in [5, 5.41) is 0. The molecule has 0 aromatic carbocycles. The first-order valence-corrected chi connectivity index (χ1v) is 9.00. The van der Waals surface area contributed by atoms with E-state index in [9.17, 15) is 0 Å². The van der Waals surface area contributed by atoms with Crippen LogP contribution >= 0.6 is 0 Å². The minimum Gasteiger partial charge on any atom is -0.497 e. The number of ether oxygens (including phenoxy) is 1. The van der Waals surface area contributed by atoms with E-state index in [2.05, 4.69) is 73.3 Å². The molecule has 0 bridgehead atoms. The van der Waals surface area contributed by atoms with Crippen LogP contribution in [0.1, 0.15) is 66.1 Å². The fourth-order valence-electron chi connectivity index (χ4n) is 3.09. The van der Waals surface area contributed by atoms with Crippen LogP contribution in [0.25, 0.3) is 0 Å². The Kier molecular flexibility index (Phi) is 7.22. The zero-order chi connectivity index (χ0) is 19.3. The Balaban J connectivity index is 3.48. The standard InChI is InChI=1S/C23H35NO/c1-10-12-23(8,18(4)20(25-9)14-17(2)3)21-15-19(11-13-24-21)16-22(5,6)7/h10-11,13-15H,1,12,16H2,2-9H3/b20-18-/t23-/m1/s1. The molecule has 0 N–H and O–H groups in total. The summed E-state index contributed by atoms with van der Waals surface area (Å²) in [6, 6.07) is 4.36. The third-order valence-electron chi connectivity index (χ3n) is 4.51. The van der Waals surface area contributed by atoms with E-state index in [4.69, 9.17) is 9.72 Å². The molecule has 0 aliphatic heterocycles. The minimum atomic E-state index is -0.243. The summed E-state index contributed by atoms with van der Waals surface area (Å²) < 4.78 is 5.69. The molecule has 0 aliphatic rings. The molecule has 1 heterocycles. The fraction of sp³-hybridized carbons (Fsp3) is 0.522. The number of pyridine rings is 1. The maximum atomic E-state index is 5.69. The highest BCUT2D eigenvalue weighted by atomic mass is 16.5. The van der Waals surface area contributed by atoms with Crippen LogP contribution in [0.4, 0.5) is 0 Å². The quantitative estimate of drug-likeness (QED) is 0.325. The highest BCUT2D eigenvalue weighted by Crippen LogP contribution is 2.37. The molecule has 1 rings (SSSR count). The first-order chi connectivity index (χ1) is 11.5. The Morgan fingerprint density at radius 2 is 1.84 bits per heavy atom. The van der Waals surface area contributed by atoms with Gasteiger partial charge >= 0.3 is 0 Å². The molecule has 0 aliphatic carbocycles. The van der Waals surface area contributed by atoms with Crippen molar-refractivity contribution in [2.24, 2.45) is 5.41 Å². The molecule has 25 heavy (non-hydrogen) atoms. The van der Waals surface area contributed by atoms with Gasteiger partial charge in [-0.1, -0.05) is 32.4 Å². The van der Waals surface area contributed by atoms with Crippen LogP contribution in [0.3, 0.4) is 0 Å². The van der Waals surface area contributed by atoms with Gasteiger partial charge in [0.15, 0.2) is 0 Å². The number of hydrogen-bond donors (Lipinski definition) is 0. The second kappa shape index (κ2) is 8.51. The molecule has 0 saturated heterocycles. The third kappa shape index (κ3) is 5.88. The van der Waals surface area contributed by atoms with E-state index >= 15 is 0 Å². The number of nitrogens with zero attached hydrogens (tertiary/aromatic N) is 1. The van der Waals surface area contributed by atoms with E-state index in [1.807, 2.05) is 12.3 Å². The normalized spacial score (nSPS) is 15.0. The van der Waals surface area contributed by atoms with Crippen molar-refractivity contribution in [1.29, 1.82) is 0 Å². The van der Waals surface area contributed by atoms with Gasteiger partial charge in [0.05, 0.1) is 12.8 Å². The predicted molar refractivity (Wildman–Crippen MR) is 109 cm³/mol. The summed E-state index contributed by atoms with van der Waals surface area (Å²) in [5.74, 6) is 0.910. The minimum absolute atomic E-state index is 0.243. The van der Waals surface area contributed by atoms with Gasteiger partial charge in [-0.15, -0.1) is 6.58 Å². The van der Waals surface area contributed by atoms with E-state index in [1.54, 1.807) is 7.11 Å². The lowest BCUT2D eigenvalue weighted by atomic mass is 9.75. The van der Waals surface area contributed by atoms with Crippen molar-refractivity contribution in [1.82, 2.24) is 4.98 Å². The Morgan fingerprint density at radius 1 is 1.20 bits per heavy atom. The Labute approximate surface area is 154 Å². The predicted octanol–water partition coefficient (Wildman–Crippen LogP) is 6.39. The van der Waals surface area contributed by atoms with E-state index < -0.39 is 0 Å². The van der Waals surface area contributed by atoms with Gasteiger partial charge in [-0.3, -0.25) is 4.98 Å². The van der Waals surface area contributed by atoms with Gasteiger partial charge in [-0.25, -0.2) is 0 Å². The topological polar surface area (TPSA) is 22.1 Å². The van der Waals surface area contributed by atoms with Crippen molar-refractivity contribution in [3.05, 3.63) is 65.2 Å². The Bertz CT molecular complexity index is 657. The molecule has 0 saturated carbocycles. The highest BCUT2D eigenvalue weighted by Gasteiger charge is 2.31. The third-order valence-corrected chi connectivity index (χ3v) is 4.51. The molecule has 2 nitrogen and oxygen atoms in total. The van der Waals surface area contributed by atoms with Crippen LogP contribution in [-0.2, 0) is 16.6 Å². The summed E-state index contributed by atoms with van der Waals surface area (Å²) in [5.41, 5.74) is 4.79. The second-order valence-electron chi connectivity index (χ2n) is 8.53. The zero-order valence-corrected chi connectivity index (χ0v) is 17.4. The second-order valence-corrected chi connectivity index (χ2v) is 8.53. The van der Waals surface area contributed by atoms with Crippen molar-refractivity contribution in [2.45, 2.75) is 66.7 Å². The molecule has 0 spiro atoms. The number of rotatable bonds is 7. The smallest absolute Gasteiger partial charge is 0.118 e. The molecule has 1 aromatic heterocycles. The van der Waals surface area contributed by atoms with Crippen LogP contribution in [0.2, 0.25) is 0 Å². The molecule has 2 heteroatoms. The molecule has 0 unspecified atom stereocenters. The molecular weight excluding hydrogens is 306 g/mol. The first-order valence-electron chi connectivity index (χ1n) is 9.00. The molecule has 138 valence electrons. The SMILES string of the molecule is C=CC[C@](C)(/C(C)=C(/C=C(C)C)OC)c1cc(CC(C)(C)C)ccn1. The van der Waals surface area contributed by atoms with Gasteiger partial charge in [0.25, 0.3) is 0 Å². The van der Waals surface area contributed by atoms with Crippen LogP contribution < -0.4 is 0 Å². The molecule has 1 aromatic rings. The first kappa shape index (κ1) is 21.2. The van der Waals surface area contributed by atoms with Gasteiger partial charge in [-0.2, -0.15) is 0 Å². The van der Waals surface area contributed by atoms with E-state index in [0.29, 0.717) is 0 Å². The molecule has 0 fully saturated rings. The average molecular weight is 342 g/mol. The zero-order valence-electron chi connectivity index (χ0n) is 17.4. The van der Waals surface area contributed by atoms with E-state index in [1.165, 1.54) is 16.7 Å². The Hall–Kier alpha value is -1.83. The molecule has 0 radical (unpaired) electrons. The maximum absolute atomic E-state index is 5.69. The fourth-order valence-corrected chi connectivity index (χ4v) is 3.09. The number of allylic oxidation sites excluding steroid dienone is 4. The lowest BCUT2D eigenvalue weighted by molar-refractivity contribution is 0.293. The van der Waals surface area contributed by atoms with E-state index in [-0.39, 0.29) is 10.8 Å². The summed E-state index contributed by atoms with van der Waals surface area (Å²) in [6.45, 7) is 19.3. The summed E-state index contributed by atoms with van der Waals surface area (Å²) in [7, 11) is 1.73. The van der Waals surface area contributed by atoms with Crippen molar-refractivity contribution >= 4 is 0 Å². The van der Waals surface area contributed by atoms with Gasteiger partial charge in [0, 0.05) is 11.6 Å². The van der Waals surface area contributed by atoms with Crippen LogP contribution in [0.5, 0.6) is 0 Å². The number of aromatic nitrogens is 1. The lowest BCUT2D eigenvalue weighted by Crippen LogP contribution is -2.26. The van der Waals surface area contributed by atoms with Crippen LogP contribution in [-0.4, -0.2) is 12.1 Å². The highest BCUT2D eigenvalue weighted by molar-refractivity contribution is 5.38. The van der Waals surface area contributed by atoms with Crippen molar-refractivity contribution in [3.8, 4) is 0 Å². The molecule has 1 atom stereocenters. The van der Waals surface area contributed by atoms with Gasteiger partial charge in [0.2, 0.25) is 0 Å². The van der Waals surface area contributed by atoms with Crippen LogP contribution in [0.15, 0.2) is 54.0 Å². The van der Waals surface area contributed by atoms with Crippen molar-refractivity contribution < 1.29 is 4.74 Å². The summed E-state index contributed by atoms with van der Waals surface area (Å²) >= 11 is 0. The van der Waals surface area contributed by atoms with Gasteiger partial charge in [-0.05, 0) is 75.3 Å².